The third-order valence-electron chi connectivity index (χ3n) is 5.50. The molecule has 0 saturated carbocycles. The normalized spacial score (nSPS) is 25.6. The molecule has 4 rings (SSSR count). The largest absolute Gasteiger partial charge is 0.381 e. The van der Waals surface area contributed by atoms with Crippen LogP contribution < -0.4 is 5.73 Å². The number of carbonyl (C=O) groups is 2. The second-order valence-electron chi connectivity index (χ2n) is 6.87. The Morgan fingerprint density at radius 2 is 1.88 bits per heavy atom. The Bertz CT molecular complexity index is 785. The van der Waals surface area contributed by atoms with Crippen molar-refractivity contribution >= 4 is 11.8 Å². The zero-order valence-electron chi connectivity index (χ0n) is 13.9. The van der Waals surface area contributed by atoms with Crippen molar-refractivity contribution in [3.05, 3.63) is 54.4 Å². The number of likely N-dealkylation sites (tertiary alicyclic amines) is 1. The Morgan fingerprint density at radius 3 is 2.52 bits per heavy atom. The lowest BCUT2D eigenvalue weighted by Crippen LogP contribution is -2.48. The van der Waals surface area contributed by atoms with E-state index in [0.717, 1.165) is 5.69 Å². The van der Waals surface area contributed by atoms with Crippen molar-refractivity contribution in [3.63, 3.8) is 0 Å². The van der Waals surface area contributed by atoms with Crippen molar-refractivity contribution in [2.24, 2.45) is 17.1 Å². The van der Waals surface area contributed by atoms with E-state index >= 15 is 0 Å². The molecule has 2 fully saturated rings. The summed E-state index contributed by atoms with van der Waals surface area (Å²) in [5, 5.41) is 0. The average Bonchev–Trinajstić information content (AvgIpc) is 3.29. The minimum Gasteiger partial charge on any atom is -0.381 e. The van der Waals surface area contributed by atoms with Gasteiger partial charge in [-0.25, -0.2) is 0 Å². The number of hydrogen-bond donors (Lipinski definition) is 1. The Labute approximate surface area is 146 Å². The average molecular weight is 339 g/mol. The van der Waals surface area contributed by atoms with E-state index in [9.17, 15) is 9.59 Å². The lowest BCUT2D eigenvalue weighted by molar-refractivity contribution is -0.135. The van der Waals surface area contributed by atoms with Crippen LogP contribution in [0.5, 0.6) is 0 Å². The van der Waals surface area contributed by atoms with E-state index in [1.54, 1.807) is 4.90 Å². The minimum absolute atomic E-state index is 0.0122. The van der Waals surface area contributed by atoms with Gasteiger partial charge in [0.2, 0.25) is 5.91 Å². The summed E-state index contributed by atoms with van der Waals surface area (Å²) in [5.41, 5.74) is 6.66. The zero-order valence-corrected chi connectivity index (χ0v) is 13.9. The number of nitrogens with zero attached hydrogens (tertiary/aromatic N) is 2. The summed E-state index contributed by atoms with van der Waals surface area (Å²) in [7, 11) is 0. The van der Waals surface area contributed by atoms with Crippen LogP contribution in [0.25, 0.3) is 5.69 Å². The van der Waals surface area contributed by atoms with Gasteiger partial charge in [0.25, 0.3) is 5.91 Å². The van der Waals surface area contributed by atoms with E-state index in [0.29, 0.717) is 38.3 Å². The Kier molecular flexibility index (Phi) is 3.84. The minimum atomic E-state index is -0.640. The first-order valence-corrected chi connectivity index (χ1v) is 8.50. The van der Waals surface area contributed by atoms with Gasteiger partial charge in [-0.1, -0.05) is 0 Å². The van der Waals surface area contributed by atoms with Gasteiger partial charge in [-0.2, -0.15) is 0 Å². The predicted octanol–water partition coefficient (Wildman–Crippen LogP) is 1.44. The monoisotopic (exact) mass is 339 g/mol. The standard InChI is InChI=1S/C19H21N3O3/c20-18(24)19-7-10-25-12-15(19)11-22(13-19)17(23)14-3-5-16(6-4-14)21-8-1-2-9-21/h1-6,8-9,15H,7,10-13H2,(H2,20,24)/t15-,19+/m1/s1. The molecule has 2 atom stereocenters. The van der Waals surface area contributed by atoms with Crippen molar-refractivity contribution in [2.45, 2.75) is 6.42 Å². The number of aromatic nitrogens is 1. The van der Waals surface area contributed by atoms with E-state index in [1.165, 1.54) is 0 Å². The molecule has 6 nitrogen and oxygen atoms in total. The molecular weight excluding hydrogens is 318 g/mol. The van der Waals surface area contributed by atoms with Crippen molar-refractivity contribution in [1.82, 2.24) is 9.47 Å². The summed E-state index contributed by atoms with van der Waals surface area (Å²) in [6.07, 6.45) is 4.50. The van der Waals surface area contributed by atoms with E-state index < -0.39 is 5.41 Å². The molecule has 0 spiro atoms. The number of rotatable bonds is 3. The summed E-state index contributed by atoms with van der Waals surface area (Å²) in [4.78, 5) is 26.7. The Hall–Kier alpha value is -2.60. The van der Waals surface area contributed by atoms with Gasteiger partial charge in [0, 0.05) is 49.3 Å². The van der Waals surface area contributed by atoms with Crippen LogP contribution in [0.15, 0.2) is 48.8 Å². The summed E-state index contributed by atoms with van der Waals surface area (Å²) in [6.45, 7) is 1.90. The fourth-order valence-corrected chi connectivity index (χ4v) is 3.97. The Morgan fingerprint density at radius 1 is 1.16 bits per heavy atom. The maximum Gasteiger partial charge on any atom is 0.253 e. The van der Waals surface area contributed by atoms with Crippen LogP contribution in [0.2, 0.25) is 0 Å². The van der Waals surface area contributed by atoms with Crippen molar-refractivity contribution in [2.75, 3.05) is 26.3 Å². The van der Waals surface area contributed by atoms with Crippen molar-refractivity contribution in [3.8, 4) is 5.69 Å². The van der Waals surface area contributed by atoms with Gasteiger partial charge in [-0.15, -0.1) is 0 Å². The van der Waals surface area contributed by atoms with Crippen LogP contribution in [0.3, 0.4) is 0 Å². The van der Waals surface area contributed by atoms with E-state index in [1.807, 2.05) is 53.4 Å². The summed E-state index contributed by atoms with van der Waals surface area (Å²) >= 11 is 0. The molecule has 0 radical (unpaired) electrons. The summed E-state index contributed by atoms with van der Waals surface area (Å²) in [5.74, 6) is -0.394. The van der Waals surface area contributed by atoms with Gasteiger partial charge >= 0.3 is 0 Å². The van der Waals surface area contributed by atoms with Gasteiger partial charge in [-0.3, -0.25) is 9.59 Å². The Balaban J connectivity index is 1.54. The lowest BCUT2D eigenvalue weighted by Gasteiger charge is -2.34. The molecule has 6 heteroatoms. The molecule has 2 aliphatic heterocycles. The second-order valence-corrected chi connectivity index (χ2v) is 6.87. The van der Waals surface area contributed by atoms with Gasteiger partial charge in [-0.05, 0) is 42.8 Å². The lowest BCUT2D eigenvalue weighted by atomic mass is 9.74. The molecule has 2 N–H and O–H groups in total. The number of ether oxygens (including phenoxy) is 1. The smallest absolute Gasteiger partial charge is 0.253 e. The molecule has 130 valence electrons. The van der Waals surface area contributed by atoms with Crippen LogP contribution in [-0.2, 0) is 9.53 Å². The number of benzene rings is 1. The number of fused-ring (bicyclic) bond motifs is 1. The van der Waals surface area contributed by atoms with Gasteiger partial charge in [0.1, 0.15) is 0 Å². The van der Waals surface area contributed by atoms with Crippen LogP contribution >= 0.6 is 0 Å². The summed E-state index contributed by atoms with van der Waals surface area (Å²) in [6, 6.07) is 11.4. The SMILES string of the molecule is NC(=O)[C@]12CCOC[C@H]1CN(C(=O)c1ccc(-n3cccc3)cc1)C2. The molecular formula is C19H21N3O3. The maximum atomic E-state index is 12.9. The summed E-state index contributed by atoms with van der Waals surface area (Å²) < 4.78 is 7.49. The molecule has 1 aromatic carbocycles. The number of carbonyl (C=O) groups excluding carboxylic acids is 2. The van der Waals surface area contributed by atoms with E-state index in [4.69, 9.17) is 10.5 Å². The highest BCUT2D eigenvalue weighted by Gasteiger charge is 2.53. The molecule has 2 saturated heterocycles. The molecule has 0 aliphatic carbocycles. The molecule has 2 amide bonds. The van der Waals surface area contributed by atoms with Crippen LogP contribution in [0, 0.1) is 11.3 Å². The van der Waals surface area contributed by atoms with Gasteiger partial charge < -0.3 is 19.9 Å². The van der Waals surface area contributed by atoms with Crippen molar-refractivity contribution < 1.29 is 14.3 Å². The molecule has 3 heterocycles. The number of nitrogens with two attached hydrogens (primary N) is 1. The highest BCUT2D eigenvalue weighted by atomic mass is 16.5. The third-order valence-corrected chi connectivity index (χ3v) is 5.50. The van der Waals surface area contributed by atoms with Crippen molar-refractivity contribution in [1.29, 1.82) is 0 Å². The first kappa shape index (κ1) is 15.9. The second kappa shape index (κ2) is 6.04. The fraction of sp³-hybridized carbons (Fsp3) is 0.368. The van der Waals surface area contributed by atoms with E-state index in [2.05, 4.69) is 0 Å². The quantitative estimate of drug-likeness (QED) is 0.919. The molecule has 2 aliphatic rings. The maximum absolute atomic E-state index is 12.9. The van der Waals surface area contributed by atoms with Crippen LogP contribution in [0.1, 0.15) is 16.8 Å². The van der Waals surface area contributed by atoms with Crippen LogP contribution in [-0.4, -0.2) is 47.6 Å². The third kappa shape index (κ3) is 2.62. The van der Waals surface area contributed by atoms with Crippen LogP contribution in [0.4, 0.5) is 0 Å². The molecule has 25 heavy (non-hydrogen) atoms. The molecule has 2 aromatic rings. The highest BCUT2D eigenvalue weighted by molar-refractivity contribution is 5.95. The number of amides is 2. The highest BCUT2D eigenvalue weighted by Crippen LogP contribution is 2.42. The first-order valence-electron chi connectivity index (χ1n) is 8.50. The topological polar surface area (TPSA) is 77.6 Å². The molecule has 0 unspecified atom stereocenters. The van der Waals surface area contributed by atoms with Gasteiger partial charge in [0.05, 0.1) is 12.0 Å². The predicted molar refractivity (Wildman–Crippen MR) is 92.2 cm³/mol. The number of hydrogen-bond acceptors (Lipinski definition) is 3. The fourth-order valence-electron chi connectivity index (χ4n) is 3.97. The van der Waals surface area contributed by atoms with E-state index in [-0.39, 0.29) is 17.7 Å². The van der Waals surface area contributed by atoms with Gasteiger partial charge in [0.15, 0.2) is 0 Å². The number of primary amides is 1. The first-order chi connectivity index (χ1) is 12.1. The molecule has 0 bridgehead atoms. The zero-order chi connectivity index (χ0) is 17.4. The molecule has 1 aromatic heterocycles.